The molecule has 3 nitrogen and oxygen atoms in total. The first-order valence-electron chi connectivity index (χ1n) is 6.93. The van der Waals surface area contributed by atoms with Crippen LogP contribution in [0.4, 0.5) is 0 Å². The monoisotopic (exact) mass is 297 g/mol. The average Bonchev–Trinajstić information content (AvgIpc) is 2.36. The van der Waals surface area contributed by atoms with Gasteiger partial charge in [-0.2, -0.15) is 0 Å². The average molecular weight is 297 g/mol. The van der Waals surface area contributed by atoms with Gasteiger partial charge in [-0.25, -0.2) is 0 Å². The second kappa shape index (κ2) is 8.03. The summed E-state index contributed by atoms with van der Waals surface area (Å²) in [6.07, 6.45) is 1.62. The molecule has 0 aliphatic carbocycles. The number of likely N-dealkylation sites (N-methyl/N-ethyl adjacent to an activating group) is 1. The zero-order valence-electron chi connectivity index (χ0n) is 13.2. The van der Waals surface area contributed by atoms with Gasteiger partial charge in [-0.3, -0.25) is 4.90 Å². The minimum Gasteiger partial charge on any atom is -0.389 e. The van der Waals surface area contributed by atoms with Crippen LogP contribution in [0.1, 0.15) is 26.3 Å². The fourth-order valence-electron chi connectivity index (χ4n) is 1.87. The highest BCUT2D eigenvalue weighted by molar-refractivity contribution is 7.98. The summed E-state index contributed by atoms with van der Waals surface area (Å²) < 4.78 is 5.59. The lowest BCUT2D eigenvalue weighted by Crippen LogP contribution is -2.34. The van der Waals surface area contributed by atoms with E-state index in [0.29, 0.717) is 13.2 Å². The highest BCUT2D eigenvalue weighted by atomic mass is 32.2. The van der Waals surface area contributed by atoms with Crippen molar-refractivity contribution in [2.24, 2.45) is 0 Å². The Morgan fingerprint density at radius 1 is 1.25 bits per heavy atom. The Morgan fingerprint density at radius 2 is 1.85 bits per heavy atom. The van der Waals surface area contributed by atoms with E-state index >= 15 is 0 Å². The first-order chi connectivity index (χ1) is 9.30. The largest absolute Gasteiger partial charge is 0.389 e. The van der Waals surface area contributed by atoms with Crippen LogP contribution in [0, 0.1) is 0 Å². The molecule has 0 aromatic heterocycles. The summed E-state index contributed by atoms with van der Waals surface area (Å²) in [5.74, 6) is 0. The van der Waals surface area contributed by atoms with Gasteiger partial charge < -0.3 is 9.84 Å². The third-order valence-electron chi connectivity index (χ3n) is 2.84. The van der Waals surface area contributed by atoms with E-state index in [1.54, 1.807) is 11.8 Å². The van der Waals surface area contributed by atoms with E-state index in [1.165, 1.54) is 10.5 Å². The minimum atomic E-state index is -0.454. The van der Waals surface area contributed by atoms with Crippen molar-refractivity contribution in [1.29, 1.82) is 0 Å². The summed E-state index contributed by atoms with van der Waals surface area (Å²) >= 11 is 1.75. The van der Waals surface area contributed by atoms with E-state index < -0.39 is 6.10 Å². The Labute approximate surface area is 127 Å². The van der Waals surface area contributed by atoms with Crippen molar-refractivity contribution < 1.29 is 9.84 Å². The van der Waals surface area contributed by atoms with Crippen molar-refractivity contribution >= 4 is 11.8 Å². The highest BCUT2D eigenvalue weighted by Crippen LogP contribution is 2.15. The second-order valence-electron chi connectivity index (χ2n) is 6.12. The van der Waals surface area contributed by atoms with Gasteiger partial charge in [0.1, 0.15) is 0 Å². The van der Waals surface area contributed by atoms with E-state index in [9.17, 15) is 5.11 Å². The maximum Gasteiger partial charge on any atom is 0.0900 e. The SMILES string of the molecule is CSc1ccc(CN(C)CC(O)COC(C)(C)C)cc1. The van der Waals surface area contributed by atoms with Crippen LogP contribution in [0.5, 0.6) is 0 Å². The first-order valence-corrected chi connectivity index (χ1v) is 8.16. The lowest BCUT2D eigenvalue weighted by atomic mass is 10.2. The third-order valence-corrected chi connectivity index (χ3v) is 3.59. The van der Waals surface area contributed by atoms with Crippen molar-refractivity contribution in [3.05, 3.63) is 29.8 Å². The zero-order valence-corrected chi connectivity index (χ0v) is 14.0. The molecule has 114 valence electrons. The summed E-state index contributed by atoms with van der Waals surface area (Å²) in [4.78, 5) is 3.39. The van der Waals surface area contributed by atoms with Gasteiger partial charge >= 0.3 is 0 Å². The van der Waals surface area contributed by atoms with Crippen LogP contribution in [-0.2, 0) is 11.3 Å². The van der Waals surface area contributed by atoms with Crippen molar-refractivity contribution in [2.45, 2.75) is 43.9 Å². The lowest BCUT2D eigenvalue weighted by Gasteiger charge is -2.25. The predicted octanol–water partition coefficient (Wildman–Crippen LogP) is 3.02. The van der Waals surface area contributed by atoms with Crippen molar-refractivity contribution in [1.82, 2.24) is 4.90 Å². The molecule has 1 aromatic carbocycles. The molecular weight excluding hydrogens is 270 g/mol. The molecule has 1 aromatic rings. The molecule has 1 rings (SSSR count). The Hall–Kier alpha value is -0.550. The molecule has 20 heavy (non-hydrogen) atoms. The molecule has 4 heteroatoms. The quantitative estimate of drug-likeness (QED) is 0.784. The molecule has 0 radical (unpaired) electrons. The Balaban J connectivity index is 2.36. The van der Waals surface area contributed by atoms with Crippen LogP contribution in [-0.4, -0.2) is 48.2 Å². The fraction of sp³-hybridized carbons (Fsp3) is 0.625. The van der Waals surface area contributed by atoms with Gasteiger partial charge in [-0.15, -0.1) is 11.8 Å². The van der Waals surface area contributed by atoms with Gasteiger partial charge in [0.2, 0.25) is 0 Å². The number of rotatable bonds is 7. The molecule has 0 aliphatic heterocycles. The van der Waals surface area contributed by atoms with Crippen LogP contribution in [0.3, 0.4) is 0 Å². The summed E-state index contributed by atoms with van der Waals surface area (Å²) in [7, 11) is 2.02. The molecule has 0 saturated heterocycles. The number of benzene rings is 1. The summed E-state index contributed by atoms with van der Waals surface area (Å²) in [6.45, 7) is 7.81. The van der Waals surface area contributed by atoms with E-state index in [2.05, 4.69) is 35.4 Å². The summed E-state index contributed by atoms with van der Waals surface area (Å²) in [6, 6.07) is 8.54. The molecule has 1 N–H and O–H groups in total. The predicted molar refractivity (Wildman–Crippen MR) is 86.3 cm³/mol. The topological polar surface area (TPSA) is 32.7 Å². The van der Waals surface area contributed by atoms with Crippen LogP contribution in [0.2, 0.25) is 0 Å². The number of aliphatic hydroxyl groups excluding tert-OH is 1. The van der Waals surface area contributed by atoms with E-state index in [0.717, 1.165) is 6.54 Å². The molecule has 0 aliphatic rings. The maximum atomic E-state index is 9.97. The minimum absolute atomic E-state index is 0.201. The van der Waals surface area contributed by atoms with Crippen LogP contribution in [0.15, 0.2) is 29.2 Å². The summed E-state index contributed by atoms with van der Waals surface area (Å²) in [5.41, 5.74) is 1.06. The number of aliphatic hydroxyl groups is 1. The van der Waals surface area contributed by atoms with Gasteiger partial charge in [0, 0.05) is 18.0 Å². The third kappa shape index (κ3) is 7.29. The molecular formula is C16H27NO2S. The molecule has 0 bridgehead atoms. The number of thioether (sulfide) groups is 1. The van der Waals surface area contributed by atoms with Crippen molar-refractivity contribution in [2.75, 3.05) is 26.5 Å². The van der Waals surface area contributed by atoms with Gasteiger partial charge in [0.05, 0.1) is 18.3 Å². The number of hydrogen-bond donors (Lipinski definition) is 1. The highest BCUT2D eigenvalue weighted by Gasteiger charge is 2.15. The molecule has 1 unspecified atom stereocenters. The number of ether oxygens (including phenoxy) is 1. The van der Waals surface area contributed by atoms with Gasteiger partial charge in [0.15, 0.2) is 0 Å². The second-order valence-corrected chi connectivity index (χ2v) is 7.00. The number of hydrogen-bond acceptors (Lipinski definition) is 4. The lowest BCUT2D eigenvalue weighted by molar-refractivity contribution is -0.0550. The normalized spacial score (nSPS) is 13.8. The smallest absolute Gasteiger partial charge is 0.0900 e. The van der Waals surface area contributed by atoms with Crippen LogP contribution < -0.4 is 0 Å². The molecule has 1 atom stereocenters. The van der Waals surface area contributed by atoms with Gasteiger partial charge in [-0.1, -0.05) is 12.1 Å². The van der Waals surface area contributed by atoms with E-state index in [1.807, 2.05) is 27.8 Å². The molecule has 0 fully saturated rings. The van der Waals surface area contributed by atoms with E-state index in [4.69, 9.17) is 4.74 Å². The molecule has 0 saturated carbocycles. The van der Waals surface area contributed by atoms with Crippen molar-refractivity contribution in [3.63, 3.8) is 0 Å². The Bertz CT molecular complexity index is 386. The summed E-state index contributed by atoms with van der Waals surface area (Å²) in [5, 5.41) is 9.97. The van der Waals surface area contributed by atoms with Gasteiger partial charge in [0.25, 0.3) is 0 Å². The molecule has 0 spiro atoms. The van der Waals surface area contributed by atoms with Gasteiger partial charge in [-0.05, 0) is 51.8 Å². The van der Waals surface area contributed by atoms with Crippen molar-refractivity contribution in [3.8, 4) is 0 Å². The number of nitrogens with zero attached hydrogens (tertiary/aromatic N) is 1. The standard InChI is InChI=1S/C16H27NO2S/c1-16(2,3)19-12-14(18)11-17(4)10-13-6-8-15(20-5)9-7-13/h6-9,14,18H,10-12H2,1-5H3. The van der Waals surface area contributed by atoms with E-state index in [-0.39, 0.29) is 5.60 Å². The van der Waals surface area contributed by atoms with Crippen LogP contribution >= 0.6 is 11.8 Å². The first kappa shape index (κ1) is 17.5. The maximum absolute atomic E-state index is 9.97. The Kier molecular flexibility index (Phi) is 7.03. The fourth-order valence-corrected chi connectivity index (χ4v) is 2.27. The zero-order chi connectivity index (χ0) is 15.2. The molecule has 0 heterocycles. The Morgan fingerprint density at radius 3 is 2.35 bits per heavy atom. The van der Waals surface area contributed by atoms with Crippen LogP contribution in [0.25, 0.3) is 0 Å². The molecule has 0 amide bonds.